The summed E-state index contributed by atoms with van der Waals surface area (Å²) in [4.78, 5) is 0. The molecule has 6 N–H and O–H groups in total. The minimum absolute atomic E-state index is 0.206. The van der Waals surface area contributed by atoms with Crippen LogP contribution >= 0.6 is 0 Å². The highest BCUT2D eigenvalue weighted by Gasteiger charge is 2.55. The molecule has 0 aliphatic heterocycles. The number of rotatable bonds is 15. The van der Waals surface area contributed by atoms with Gasteiger partial charge in [0, 0.05) is 24.0 Å². The van der Waals surface area contributed by atoms with E-state index in [-0.39, 0.29) is 29.9 Å². The molecule has 212 valence electrons. The lowest BCUT2D eigenvalue weighted by molar-refractivity contribution is -0.228. The molecule has 0 spiro atoms. The molecule has 0 bridgehead atoms. The van der Waals surface area contributed by atoms with Gasteiger partial charge < -0.3 is 49.6 Å². The molecule has 2 rings (SSSR count). The van der Waals surface area contributed by atoms with E-state index in [1.54, 1.807) is 43.3 Å². The van der Waals surface area contributed by atoms with Crippen molar-refractivity contribution >= 4 is 0 Å². The highest BCUT2D eigenvalue weighted by molar-refractivity contribution is 5.48. The van der Waals surface area contributed by atoms with Crippen molar-refractivity contribution in [1.29, 1.82) is 0 Å². The van der Waals surface area contributed by atoms with Crippen LogP contribution in [0.3, 0.4) is 0 Å². The minimum Gasteiger partial charge on any atom is -0.496 e. The first-order valence-electron chi connectivity index (χ1n) is 12.1. The van der Waals surface area contributed by atoms with Crippen molar-refractivity contribution in [2.24, 2.45) is 0 Å². The first kappa shape index (κ1) is 31.4. The van der Waals surface area contributed by atoms with Gasteiger partial charge in [0.1, 0.15) is 52.5 Å². The van der Waals surface area contributed by atoms with Gasteiger partial charge >= 0.3 is 0 Å². The maximum atomic E-state index is 12.0. The third-order valence-corrected chi connectivity index (χ3v) is 6.66. The van der Waals surface area contributed by atoms with Crippen LogP contribution in [0.1, 0.15) is 24.5 Å². The summed E-state index contributed by atoms with van der Waals surface area (Å²) in [6.07, 6.45) is -7.09. The normalized spacial score (nSPS) is 16.9. The van der Waals surface area contributed by atoms with E-state index < -0.39 is 42.5 Å². The lowest BCUT2D eigenvalue weighted by atomic mass is 9.70. The van der Waals surface area contributed by atoms with Crippen LogP contribution in [-0.4, -0.2) is 95.2 Å². The highest BCUT2D eigenvalue weighted by Crippen LogP contribution is 2.42. The standard InChI is InChI=1S/C28H40O10/c1-17(2)13-27(33,14-18-21(35-3)9-7-10-22(18)36-4)26(32)28(34,25(31)20(30)16-29)15-19-23(37-5)11-8-12-24(19)38-6/h7-12,20,25-26,29-34H,1,13-16H2,2-6H3/t20-,25+,26+,27?,28+/m0/s1. The summed E-state index contributed by atoms with van der Waals surface area (Å²) in [6.45, 7) is 4.58. The molecule has 0 aromatic heterocycles. The first-order chi connectivity index (χ1) is 17.9. The van der Waals surface area contributed by atoms with Crippen molar-refractivity contribution in [1.82, 2.24) is 0 Å². The average Bonchev–Trinajstić information content (AvgIpc) is 2.91. The second-order valence-corrected chi connectivity index (χ2v) is 9.46. The Labute approximate surface area is 223 Å². The van der Waals surface area contributed by atoms with Gasteiger partial charge in [-0.3, -0.25) is 0 Å². The number of hydrogen-bond acceptors (Lipinski definition) is 10. The zero-order valence-corrected chi connectivity index (χ0v) is 22.5. The Kier molecular flexibility index (Phi) is 11.0. The molecule has 0 saturated carbocycles. The van der Waals surface area contributed by atoms with E-state index >= 15 is 0 Å². The molecule has 0 fully saturated rings. The molecule has 0 saturated heterocycles. The Morgan fingerprint density at radius 3 is 1.53 bits per heavy atom. The quantitative estimate of drug-likeness (QED) is 0.181. The van der Waals surface area contributed by atoms with Crippen LogP contribution in [0.5, 0.6) is 23.0 Å². The number of aliphatic hydroxyl groups is 6. The fourth-order valence-corrected chi connectivity index (χ4v) is 4.83. The van der Waals surface area contributed by atoms with E-state index in [1.807, 2.05) is 0 Å². The van der Waals surface area contributed by atoms with E-state index in [9.17, 15) is 30.6 Å². The molecular weight excluding hydrogens is 496 g/mol. The Bertz CT molecular complexity index is 1030. The van der Waals surface area contributed by atoms with E-state index in [0.717, 1.165) is 0 Å². The monoisotopic (exact) mass is 536 g/mol. The summed E-state index contributed by atoms with van der Waals surface area (Å²) >= 11 is 0. The largest absolute Gasteiger partial charge is 0.496 e. The molecule has 2 aromatic rings. The van der Waals surface area contributed by atoms with Crippen LogP contribution in [0.4, 0.5) is 0 Å². The molecule has 1 unspecified atom stereocenters. The Balaban J connectivity index is 2.75. The summed E-state index contributed by atoms with van der Waals surface area (Å²) in [7, 11) is 5.69. The second-order valence-electron chi connectivity index (χ2n) is 9.46. The van der Waals surface area contributed by atoms with Gasteiger partial charge in [0.05, 0.1) is 35.0 Å². The second kappa shape index (κ2) is 13.3. The van der Waals surface area contributed by atoms with Crippen LogP contribution in [-0.2, 0) is 12.8 Å². The molecule has 0 aliphatic carbocycles. The van der Waals surface area contributed by atoms with Crippen LogP contribution in [0, 0.1) is 0 Å². The Morgan fingerprint density at radius 2 is 1.18 bits per heavy atom. The van der Waals surface area contributed by atoms with E-state index in [2.05, 4.69) is 6.58 Å². The molecular formula is C28H40O10. The fraction of sp³-hybridized carbons (Fsp3) is 0.500. The third kappa shape index (κ3) is 6.58. The molecule has 5 atom stereocenters. The van der Waals surface area contributed by atoms with Crippen LogP contribution < -0.4 is 18.9 Å². The predicted octanol–water partition coefficient (Wildman–Crippen LogP) is 1.01. The molecule has 0 amide bonds. The zero-order valence-electron chi connectivity index (χ0n) is 22.5. The topological polar surface area (TPSA) is 158 Å². The lowest BCUT2D eigenvalue weighted by Gasteiger charge is -2.46. The predicted molar refractivity (Wildman–Crippen MR) is 141 cm³/mol. The third-order valence-electron chi connectivity index (χ3n) is 6.66. The maximum Gasteiger partial charge on any atom is 0.126 e. The van der Waals surface area contributed by atoms with Gasteiger partial charge in [-0.2, -0.15) is 0 Å². The molecule has 10 heteroatoms. The smallest absolute Gasteiger partial charge is 0.126 e. The summed E-state index contributed by atoms with van der Waals surface area (Å²) in [6, 6.07) is 9.85. The summed E-state index contributed by atoms with van der Waals surface area (Å²) in [5.74, 6) is 1.27. The Hall–Kier alpha value is -2.86. The van der Waals surface area contributed by atoms with Crippen molar-refractivity contribution in [3.8, 4) is 23.0 Å². The lowest BCUT2D eigenvalue weighted by Crippen LogP contribution is -2.66. The SMILES string of the molecule is C=C(C)CC(O)(Cc1c(OC)cccc1OC)[C@@H](O)[C@@](O)(Cc1c(OC)cccc1OC)[C@H](O)[C@@H](O)CO. The van der Waals surface area contributed by atoms with Crippen molar-refractivity contribution < 1.29 is 49.6 Å². The molecule has 38 heavy (non-hydrogen) atoms. The number of benzene rings is 2. The number of aliphatic hydroxyl groups excluding tert-OH is 4. The average molecular weight is 537 g/mol. The minimum atomic E-state index is -2.62. The Morgan fingerprint density at radius 1 is 0.789 bits per heavy atom. The van der Waals surface area contributed by atoms with Crippen molar-refractivity contribution in [3.63, 3.8) is 0 Å². The number of ether oxygens (including phenoxy) is 4. The van der Waals surface area contributed by atoms with Gasteiger partial charge in [0.25, 0.3) is 0 Å². The van der Waals surface area contributed by atoms with Crippen LogP contribution in [0.15, 0.2) is 48.6 Å². The fourth-order valence-electron chi connectivity index (χ4n) is 4.83. The van der Waals surface area contributed by atoms with Gasteiger partial charge in [-0.25, -0.2) is 0 Å². The van der Waals surface area contributed by atoms with E-state index in [4.69, 9.17) is 18.9 Å². The molecule has 0 heterocycles. The summed E-state index contributed by atoms with van der Waals surface area (Å²) in [5, 5.41) is 66.8. The first-order valence-corrected chi connectivity index (χ1v) is 12.1. The van der Waals surface area contributed by atoms with Gasteiger partial charge in [0.2, 0.25) is 0 Å². The molecule has 0 radical (unpaired) electrons. The van der Waals surface area contributed by atoms with Crippen LogP contribution in [0.2, 0.25) is 0 Å². The van der Waals surface area contributed by atoms with Crippen molar-refractivity contribution in [3.05, 3.63) is 59.7 Å². The number of hydrogen-bond donors (Lipinski definition) is 6. The summed E-state index contributed by atoms with van der Waals surface area (Å²) in [5.41, 5.74) is -3.66. The molecule has 2 aromatic carbocycles. The van der Waals surface area contributed by atoms with Crippen LogP contribution in [0.25, 0.3) is 0 Å². The van der Waals surface area contributed by atoms with Gasteiger partial charge in [0.15, 0.2) is 0 Å². The van der Waals surface area contributed by atoms with E-state index in [1.165, 1.54) is 28.4 Å². The van der Waals surface area contributed by atoms with Gasteiger partial charge in [-0.1, -0.05) is 17.7 Å². The number of methoxy groups -OCH3 is 4. The van der Waals surface area contributed by atoms with Crippen molar-refractivity contribution in [2.45, 2.75) is 55.7 Å². The van der Waals surface area contributed by atoms with Crippen molar-refractivity contribution in [2.75, 3.05) is 35.0 Å². The van der Waals surface area contributed by atoms with Gasteiger partial charge in [-0.05, 0) is 37.6 Å². The zero-order chi connectivity index (χ0) is 28.7. The molecule has 0 aliphatic rings. The summed E-state index contributed by atoms with van der Waals surface area (Å²) < 4.78 is 21.7. The maximum absolute atomic E-state index is 12.0. The highest BCUT2D eigenvalue weighted by atomic mass is 16.5. The van der Waals surface area contributed by atoms with E-state index in [0.29, 0.717) is 22.6 Å². The molecule has 10 nitrogen and oxygen atoms in total. The van der Waals surface area contributed by atoms with Gasteiger partial charge in [-0.15, -0.1) is 6.58 Å².